The lowest BCUT2D eigenvalue weighted by molar-refractivity contribution is -0.137. The van der Waals surface area contributed by atoms with Crippen molar-refractivity contribution in [1.82, 2.24) is 0 Å². The van der Waals surface area contributed by atoms with E-state index >= 15 is 0 Å². The Kier molecular flexibility index (Phi) is 6.01. The van der Waals surface area contributed by atoms with Gasteiger partial charge in [-0.3, -0.25) is 4.79 Å². The van der Waals surface area contributed by atoms with E-state index in [4.69, 9.17) is 5.11 Å². The molecular formula is C11H22O4S2. The molecule has 0 saturated heterocycles. The van der Waals surface area contributed by atoms with Crippen molar-refractivity contribution >= 4 is 27.6 Å². The zero-order valence-electron chi connectivity index (χ0n) is 11.1. The van der Waals surface area contributed by atoms with E-state index in [-0.39, 0.29) is 11.7 Å². The van der Waals surface area contributed by atoms with Crippen molar-refractivity contribution in [2.24, 2.45) is 5.92 Å². The third-order valence-electron chi connectivity index (χ3n) is 2.43. The maximum atomic E-state index is 11.8. The summed E-state index contributed by atoms with van der Waals surface area (Å²) in [6.45, 7) is 8.62. The van der Waals surface area contributed by atoms with E-state index < -0.39 is 25.8 Å². The molecule has 0 aromatic heterocycles. The molecule has 6 heteroatoms. The molecule has 0 aromatic carbocycles. The van der Waals surface area contributed by atoms with E-state index in [9.17, 15) is 13.2 Å². The summed E-state index contributed by atoms with van der Waals surface area (Å²) in [6.07, 6.45) is 0. The standard InChI is InChI=1S/C11H22O4S2/c1-8(2)9(10(12)13)16-6-7-17(14,15)11(3,4)5/h8-9H,6-7H2,1-5H3,(H,12,13). The average molecular weight is 282 g/mol. The summed E-state index contributed by atoms with van der Waals surface area (Å²) >= 11 is 1.20. The highest BCUT2D eigenvalue weighted by Crippen LogP contribution is 2.22. The van der Waals surface area contributed by atoms with Crippen LogP contribution >= 0.6 is 11.8 Å². The Labute approximate surface area is 108 Å². The lowest BCUT2D eigenvalue weighted by Crippen LogP contribution is -2.32. The molecular weight excluding hydrogens is 260 g/mol. The largest absolute Gasteiger partial charge is 0.480 e. The van der Waals surface area contributed by atoms with Crippen LogP contribution in [0.3, 0.4) is 0 Å². The zero-order chi connectivity index (χ0) is 13.9. The molecule has 1 N–H and O–H groups in total. The Morgan fingerprint density at radius 1 is 1.29 bits per heavy atom. The average Bonchev–Trinajstić information content (AvgIpc) is 2.08. The summed E-state index contributed by atoms with van der Waals surface area (Å²) in [7, 11) is -3.16. The predicted octanol–water partition coefficient (Wildman–Crippen LogP) is 2.04. The summed E-state index contributed by atoms with van der Waals surface area (Å²) in [6, 6.07) is 0. The zero-order valence-corrected chi connectivity index (χ0v) is 12.7. The number of carbonyl (C=O) groups is 1. The number of thioether (sulfide) groups is 1. The Hall–Kier alpha value is -0.230. The van der Waals surface area contributed by atoms with Gasteiger partial charge >= 0.3 is 5.97 Å². The van der Waals surface area contributed by atoms with Crippen LogP contribution in [0.5, 0.6) is 0 Å². The Morgan fingerprint density at radius 2 is 1.76 bits per heavy atom. The van der Waals surface area contributed by atoms with Gasteiger partial charge in [-0.25, -0.2) is 8.42 Å². The minimum Gasteiger partial charge on any atom is -0.480 e. The van der Waals surface area contributed by atoms with Gasteiger partial charge in [-0.15, -0.1) is 11.8 Å². The van der Waals surface area contributed by atoms with Crippen LogP contribution in [0.2, 0.25) is 0 Å². The summed E-state index contributed by atoms with van der Waals surface area (Å²) in [4.78, 5) is 10.9. The molecule has 0 aliphatic rings. The summed E-state index contributed by atoms with van der Waals surface area (Å²) in [5.41, 5.74) is 0. The first-order valence-electron chi connectivity index (χ1n) is 5.55. The second-order valence-corrected chi connectivity index (χ2v) is 9.42. The molecule has 0 aromatic rings. The first kappa shape index (κ1) is 16.8. The maximum Gasteiger partial charge on any atom is 0.316 e. The number of carboxylic acid groups (broad SMARTS) is 1. The Morgan fingerprint density at radius 3 is 2.06 bits per heavy atom. The topological polar surface area (TPSA) is 71.4 Å². The van der Waals surface area contributed by atoms with Gasteiger partial charge in [0.1, 0.15) is 5.25 Å². The molecule has 1 unspecified atom stereocenters. The lowest BCUT2D eigenvalue weighted by Gasteiger charge is -2.20. The molecule has 0 saturated carbocycles. The fourth-order valence-electron chi connectivity index (χ4n) is 1.14. The third kappa shape index (κ3) is 5.29. The quantitative estimate of drug-likeness (QED) is 0.807. The number of carboxylic acids is 1. The highest BCUT2D eigenvalue weighted by Gasteiger charge is 2.29. The molecule has 0 bridgehead atoms. The fraction of sp³-hybridized carbons (Fsp3) is 0.909. The molecule has 0 aliphatic carbocycles. The number of hydrogen-bond acceptors (Lipinski definition) is 4. The van der Waals surface area contributed by atoms with E-state index in [0.717, 1.165) is 0 Å². The van der Waals surface area contributed by atoms with Crippen LogP contribution in [-0.2, 0) is 14.6 Å². The van der Waals surface area contributed by atoms with Crippen LogP contribution in [0.4, 0.5) is 0 Å². The van der Waals surface area contributed by atoms with Crippen LogP contribution in [0.15, 0.2) is 0 Å². The van der Waals surface area contributed by atoms with Crippen LogP contribution in [0, 0.1) is 5.92 Å². The number of rotatable bonds is 6. The molecule has 0 radical (unpaired) electrons. The number of hydrogen-bond donors (Lipinski definition) is 1. The molecule has 0 amide bonds. The summed E-state index contributed by atoms with van der Waals surface area (Å²) in [5, 5.41) is 8.43. The molecule has 0 aliphatic heterocycles. The first-order chi connectivity index (χ1) is 7.49. The highest BCUT2D eigenvalue weighted by molar-refractivity contribution is 8.02. The monoisotopic (exact) mass is 282 g/mol. The first-order valence-corrected chi connectivity index (χ1v) is 8.26. The van der Waals surface area contributed by atoms with Crippen molar-refractivity contribution in [3.63, 3.8) is 0 Å². The number of aliphatic carboxylic acids is 1. The number of sulfone groups is 1. The maximum absolute atomic E-state index is 11.8. The van der Waals surface area contributed by atoms with Gasteiger partial charge < -0.3 is 5.11 Å². The molecule has 17 heavy (non-hydrogen) atoms. The van der Waals surface area contributed by atoms with E-state index in [1.54, 1.807) is 20.8 Å². The minimum atomic E-state index is -3.16. The summed E-state index contributed by atoms with van der Waals surface area (Å²) < 4.78 is 22.9. The second-order valence-electron chi connectivity index (χ2n) is 5.30. The smallest absolute Gasteiger partial charge is 0.316 e. The lowest BCUT2D eigenvalue weighted by atomic mass is 10.1. The van der Waals surface area contributed by atoms with Gasteiger partial charge in [0.25, 0.3) is 0 Å². The van der Waals surface area contributed by atoms with Crippen molar-refractivity contribution in [2.75, 3.05) is 11.5 Å². The van der Waals surface area contributed by atoms with Gasteiger partial charge in [0.05, 0.1) is 10.5 Å². The molecule has 4 nitrogen and oxygen atoms in total. The van der Waals surface area contributed by atoms with E-state index in [1.165, 1.54) is 11.8 Å². The van der Waals surface area contributed by atoms with Gasteiger partial charge in [0.15, 0.2) is 9.84 Å². The van der Waals surface area contributed by atoms with Crippen LogP contribution < -0.4 is 0 Å². The van der Waals surface area contributed by atoms with Crippen molar-refractivity contribution in [3.8, 4) is 0 Å². The fourth-order valence-corrected chi connectivity index (χ4v) is 3.80. The van der Waals surface area contributed by atoms with Gasteiger partial charge in [0, 0.05) is 5.75 Å². The van der Waals surface area contributed by atoms with Crippen LogP contribution in [-0.4, -0.2) is 41.0 Å². The molecule has 0 heterocycles. The molecule has 102 valence electrons. The van der Waals surface area contributed by atoms with Gasteiger partial charge in [0.2, 0.25) is 0 Å². The van der Waals surface area contributed by atoms with Crippen molar-refractivity contribution in [2.45, 2.75) is 44.6 Å². The van der Waals surface area contributed by atoms with E-state index in [2.05, 4.69) is 0 Å². The normalized spacial score (nSPS) is 14.9. The van der Waals surface area contributed by atoms with Crippen LogP contribution in [0.25, 0.3) is 0 Å². The van der Waals surface area contributed by atoms with Crippen molar-refractivity contribution in [1.29, 1.82) is 0 Å². The van der Waals surface area contributed by atoms with Crippen LogP contribution in [0.1, 0.15) is 34.6 Å². The second kappa shape index (κ2) is 6.09. The molecule has 1 atom stereocenters. The third-order valence-corrected chi connectivity index (χ3v) is 6.84. The SMILES string of the molecule is CC(C)C(SCCS(=O)(=O)C(C)(C)C)C(=O)O. The minimum absolute atomic E-state index is 0.00478. The Bertz CT molecular complexity index is 352. The highest BCUT2D eigenvalue weighted by atomic mass is 32.2. The Balaban J connectivity index is 4.38. The van der Waals surface area contributed by atoms with E-state index in [0.29, 0.717) is 5.75 Å². The summed E-state index contributed by atoms with van der Waals surface area (Å²) in [5.74, 6) is -0.528. The van der Waals surface area contributed by atoms with Gasteiger partial charge in [-0.1, -0.05) is 13.8 Å². The van der Waals surface area contributed by atoms with Gasteiger partial charge in [-0.2, -0.15) is 0 Å². The predicted molar refractivity (Wildman–Crippen MR) is 72.3 cm³/mol. The molecule has 0 spiro atoms. The van der Waals surface area contributed by atoms with Crippen molar-refractivity contribution < 1.29 is 18.3 Å². The van der Waals surface area contributed by atoms with E-state index in [1.807, 2.05) is 13.8 Å². The molecule has 0 rings (SSSR count). The molecule has 0 fully saturated rings. The van der Waals surface area contributed by atoms with Gasteiger partial charge in [-0.05, 0) is 26.7 Å². The van der Waals surface area contributed by atoms with Crippen molar-refractivity contribution in [3.05, 3.63) is 0 Å².